The standard InChI is InChI=1S/C56H73F2N7O5Si/c1-36(2)71(37(3)4,38(5)6)26-21-45-48(57)20-17-41-27-44(69-35-67-11)28-46(49(41)45)51-50(58)52-47(29-59-51)53(64-32-42-18-19-43(33-64)65(42)55(66)70-56(8,9)10)61-54(60-52)68-34-39(7)30-62-22-24-63(25-23-62)31-40-15-13-12-14-16-40/h12-17,20,27-29,36-39,42-43H,18-19,22-25,30-35H2,1-11H3/t39-,42?,43?/m1/s1/i30D2. The molecule has 0 N–H and O–H groups in total. The SMILES string of the molecule is [2H]C([2H])([C@@H](C)COc1nc(N2CC3CCC(C2)N3C(=O)OC(C)(C)C)c2cnc(-c3cc(OCOC)cc4ccc(F)c(C#C[Si](C(C)C)(C(C)C)C(C)C)c34)c(F)c2n1)N1CCN(Cc2ccccc2)CC1. The number of benzene rings is 3. The highest BCUT2D eigenvalue weighted by atomic mass is 28.3. The van der Waals surface area contributed by atoms with Crippen molar-refractivity contribution in [3.63, 3.8) is 0 Å². The van der Waals surface area contributed by atoms with Crippen molar-refractivity contribution in [3.05, 3.63) is 83.6 Å². The number of fused-ring (bicyclic) bond motifs is 4. The summed E-state index contributed by atoms with van der Waals surface area (Å²) in [5, 5.41) is 1.28. The molecule has 15 heteroatoms. The number of amides is 1. The lowest BCUT2D eigenvalue weighted by Crippen LogP contribution is -2.57. The summed E-state index contributed by atoms with van der Waals surface area (Å²) in [4.78, 5) is 36.1. The molecular formula is C56H73F2N7O5Si. The Morgan fingerprint density at radius 1 is 0.887 bits per heavy atom. The van der Waals surface area contributed by atoms with Crippen molar-refractivity contribution in [3.8, 4) is 34.5 Å². The first-order valence-corrected chi connectivity index (χ1v) is 27.5. The van der Waals surface area contributed by atoms with Crippen LogP contribution in [0, 0.1) is 29.0 Å². The lowest BCUT2D eigenvalue weighted by atomic mass is 9.95. The summed E-state index contributed by atoms with van der Waals surface area (Å²) in [7, 11) is -0.848. The smallest absolute Gasteiger partial charge is 0.410 e. The fourth-order valence-corrected chi connectivity index (χ4v) is 16.4. The molecule has 3 aliphatic rings. The Morgan fingerprint density at radius 2 is 1.55 bits per heavy atom. The summed E-state index contributed by atoms with van der Waals surface area (Å²) < 4.78 is 76.5. The Kier molecular flexibility index (Phi) is 15.1. The van der Waals surface area contributed by atoms with E-state index in [4.69, 9.17) is 33.9 Å². The molecule has 0 saturated carbocycles. The first-order chi connectivity index (χ1) is 34.6. The number of nitrogens with zero attached hydrogens (tertiary/aromatic N) is 7. The molecule has 2 bridgehead atoms. The minimum atomic E-state index is -2.35. The number of rotatable bonds is 15. The molecule has 0 aliphatic carbocycles. The molecule has 5 heterocycles. The number of aromatic nitrogens is 3. The van der Waals surface area contributed by atoms with Crippen molar-refractivity contribution in [1.29, 1.82) is 0 Å². The molecule has 3 fully saturated rings. The Hall–Kier alpha value is -5.40. The topological polar surface area (TPSA) is 106 Å². The number of hydrogen-bond donors (Lipinski definition) is 0. The molecule has 3 atom stereocenters. The van der Waals surface area contributed by atoms with Crippen LogP contribution in [0.1, 0.15) is 95.9 Å². The van der Waals surface area contributed by atoms with E-state index in [1.807, 2.05) is 53.7 Å². The largest absolute Gasteiger partial charge is 0.468 e. The van der Waals surface area contributed by atoms with Gasteiger partial charge in [0.25, 0.3) is 0 Å². The van der Waals surface area contributed by atoms with E-state index in [1.54, 1.807) is 31.3 Å². The maximum absolute atomic E-state index is 18.1. The maximum atomic E-state index is 18.1. The number of pyridine rings is 1. The van der Waals surface area contributed by atoms with Crippen molar-refractivity contribution in [2.75, 3.05) is 71.2 Å². The molecule has 3 aromatic carbocycles. The second-order valence-corrected chi connectivity index (χ2v) is 27.0. The molecule has 2 unspecified atom stereocenters. The Balaban J connectivity index is 1.20. The van der Waals surface area contributed by atoms with E-state index in [0.717, 1.165) is 19.4 Å². The number of carbonyl (C=O) groups excluding carboxylic acids is 1. The summed E-state index contributed by atoms with van der Waals surface area (Å²) in [5.41, 5.74) is 5.31. The number of methoxy groups -OCH3 is 1. The lowest BCUT2D eigenvalue weighted by Gasteiger charge is -2.42. The van der Waals surface area contributed by atoms with E-state index in [-0.39, 0.29) is 76.5 Å². The maximum Gasteiger partial charge on any atom is 0.410 e. The van der Waals surface area contributed by atoms with Gasteiger partial charge in [0, 0.05) is 85.2 Å². The predicted octanol–water partition coefficient (Wildman–Crippen LogP) is 11.1. The van der Waals surface area contributed by atoms with Crippen LogP contribution in [-0.4, -0.2) is 128 Å². The summed E-state index contributed by atoms with van der Waals surface area (Å²) in [5.74, 6) is 2.12. The third-order valence-corrected chi connectivity index (χ3v) is 20.7. The van der Waals surface area contributed by atoms with Gasteiger partial charge in [-0.2, -0.15) is 9.97 Å². The van der Waals surface area contributed by atoms with Gasteiger partial charge in [0.15, 0.2) is 12.6 Å². The van der Waals surface area contributed by atoms with Gasteiger partial charge in [0.05, 0.1) is 29.6 Å². The second kappa shape index (κ2) is 21.8. The van der Waals surface area contributed by atoms with Gasteiger partial charge in [-0.15, -0.1) is 5.54 Å². The fraction of sp³-hybridized carbons (Fsp3) is 0.536. The van der Waals surface area contributed by atoms with Gasteiger partial charge < -0.3 is 28.7 Å². The van der Waals surface area contributed by atoms with Crippen LogP contribution in [0.3, 0.4) is 0 Å². The zero-order valence-electron chi connectivity index (χ0n) is 45.4. The number of anilines is 1. The first kappa shape index (κ1) is 49.2. The fourth-order valence-electron chi connectivity index (χ4n) is 11.2. The third kappa shape index (κ3) is 11.3. The molecule has 12 nitrogen and oxygen atoms in total. The highest BCUT2D eigenvalue weighted by Gasteiger charge is 2.45. The summed E-state index contributed by atoms with van der Waals surface area (Å²) in [6, 6.07) is 16.2. The normalized spacial score (nSPS) is 19.0. The van der Waals surface area contributed by atoms with Crippen molar-refractivity contribution < 1.29 is 35.3 Å². The van der Waals surface area contributed by atoms with Crippen LogP contribution in [0.5, 0.6) is 11.8 Å². The second-order valence-electron chi connectivity index (χ2n) is 21.5. The van der Waals surface area contributed by atoms with Gasteiger partial charge in [0.2, 0.25) is 0 Å². The molecule has 0 radical (unpaired) electrons. The Bertz CT molecular complexity index is 2820. The van der Waals surface area contributed by atoms with Crippen LogP contribution in [0.4, 0.5) is 19.4 Å². The predicted molar refractivity (Wildman–Crippen MR) is 281 cm³/mol. The molecular weight excluding hydrogens is 917 g/mol. The third-order valence-electron chi connectivity index (χ3n) is 14.4. The van der Waals surface area contributed by atoms with E-state index in [0.29, 0.717) is 67.0 Å². The van der Waals surface area contributed by atoms with Gasteiger partial charge in [-0.25, -0.2) is 13.6 Å². The van der Waals surface area contributed by atoms with Crippen LogP contribution in [0.2, 0.25) is 16.6 Å². The van der Waals surface area contributed by atoms with E-state index in [9.17, 15) is 7.54 Å². The van der Waals surface area contributed by atoms with Gasteiger partial charge >= 0.3 is 12.1 Å². The van der Waals surface area contributed by atoms with Crippen molar-refractivity contribution in [2.45, 2.75) is 123 Å². The van der Waals surface area contributed by atoms with Crippen LogP contribution in [0.15, 0.2) is 60.8 Å². The van der Waals surface area contributed by atoms with E-state index in [1.165, 1.54) is 18.7 Å². The highest BCUT2D eigenvalue weighted by molar-refractivity contribution is 6.90. The number of halogens is 2. The summed E-state index contributed by atoms with van der Waals surface area (Å²) in [6.45, 7) is 22.7. The van der Waals surface area contributed by atoms with Gasteiger partial charge in [-0.3, -0.25) is 14.8 Å². The Morgan fingerprint density at radius 3 is 2.18 bits per heavy atom. The molecule has 3 aliphatic heterocycles. The zero-order chi connectivity index (χ0) is 52.6. The van der Waals surface area contributed by atoms with Crippen molar-refractivity contribution >= 4 is 41.7 Å². The summed E-state index contributed by atoms with van der Waals surface area (Å²) in [6.07, 6.45) is 2.68. The van der Waals surface area contributed by atoms with Crippen LogP contribution >= 0.6 is 0 Å². The average Bonchev–Trinajstić information content (AvgIpc) is 3.61. The monoisotopic (exact) mass is 992 g/mol. The molecule has 8 rings (SSSR count). The molecule has 5 aromatic rings. The quantitative estimate of drug-likeness (QED) is 0.0569. The van der Waals surface area contributed by atoms with Gasteiger partial charge in [-0.05, 0) is 79.4 Å². The average molecular weight is 992 g/mol. The van der Waals surface area contributed by atoms with Crippen LogP contribution in [0.25, 0.3) is 32.9 Å². The number of carbonyl (C=O) groups is 1. The highest BCUT2D eigenvalue weighted by Crippen LogP contribution is 2.43. The molecule has 0 spiro atoms. The zero-order valence-corrected chi connectivity index (χ0v) is 44.4. The van der Waals surface area contributed by atoms with E-state index < -0.39 is 37.7 Å². The molecule has 3 saturated heterocycles. The Labute approximate surface area is 423 Å². The summed E-state index contributed by atoms with van der Waals surface area (Å²) >= 11 is 0. The minimum Gasteiger partial charge on any atom is -0.468 e. The van der Waals surface area contributed by atoms with Crippen molar-refractivity contribution in [2.24, 2.45) is 5.92 Å². The number of ether oxygens (including phenoxy) is 4. The number of hydrogen-bond acceptors (Lipinski definition) is 11. The molecule has 1 amide bonds. The van der Waals surface area contributed by atoms with E-state index in [2.05, 4.69) is 70.0 Å². The molecule has 380 valence electrons. The van der Waals surface area contributed by atoms with Gasteiger partial charge in [0.1, 0.15) is 42.3 Å². The van der Waals surface area contributed by atoms with Gasteiger partial charge in [-0.1, -0.05) is 90.8 Å². The first-order valence-electron chi connectivity index (χ1n) is 26.3. The van der Waals surface area contributed by atoms with Crippen LogP contribution in [-0.2, 0) is 16.0 Å². The minimum absolute atomic E-state index is 0.0802. The number of piperazine rings is 2. The van der Waals surface area contributed by atoms with Crippen LogP contribution < -0.4 is 14.4 Å². The van der Waals surface area contributed by atoms with Crippen molar-refractivity contribution in [1.82, 2.24) is 29.7 Å². The molecule has 71 heavy (non-hydrogen) atoms. The lowest BCUT2D eigenvalue weighted by molar-refractivity contribution is 0.0122. The van der Waals surface area contributed by atoms with E-state index >= 15 is 8.78 Å². The molecule has 2 aromatic heterocycles.